The van der Waals surface area contributed by atoms with Crippen LogP contribution in [0.4, 0.5) is 10.2 Å². The molecule has 152 valence electrons. The van der Waals surface area contributed by atoms with Crippen molar-refractivity contribution in [3.63, 3.8) is 0 Å². The van der Waals surface area contributed by atoms with Crippen molar-refractivity contribution in [3.05, 3.63) is 24.1 Å². The number of guanidine groups is 1. The molecule has 2 aliphatic rings. The van der Waals surface area contributed by atoms with E-state index in [0.717, 1.165) is 38.6 Å². The number of halogens is 2. The molecule has 0 saturated carbocycles. The summed E-state index contributed by atoms with van der Waals surface area (Å²) >= 11 is 0. The highest BCUT2D eigenvalue weighted by molar-refractivity contribution is 14.0. The molecule has 0 amide bonds. The molecule has 0 bridgehead atoms. The van der Waals surface area contributed by atoms with Crippen LogP contribution in [0.2, 0.25) is 0 Å². The van der Waals surface area contributed by atoms with Crippen LogP contribution in [0.3, 0.4) is 0 Å². The van der Waals surface area contributed by atoms with Gasteiger partial charge in [0.1, 0.15) is 0 Å². The Balaban J connectivity index is 0.00000261. The largest absolute Gasteiger partial charge is 0.355 e. The van der Waals surface area contributed by atoms with E-state index in [4.69, 9.17) is 0 Å². The molecule has 8 heteroatoms. The van der Waals surface area contributed by atoms with Gasteiger partial charge in [0, 0.05) is 45.0 Å². The van der Waals surface area contributed by atoms with Crippen LogP contribution in [-0.2, 0) is 0 Å². The Bertz CT molecular complexity index is 614. The maximum absolute atomic E-state index is 13.9. The van der Waals surface area contributed by atoms with Gasteiger partial charge in [-0.15, -0.1) is 24.0 Å². The van der Waals surface area contributed by atoms with Crippen molar-refractivity contribution in [2.24, 2.45) is 4.99 Å². The number of anilines is 1. The van der Waals surface area contributed by atoms with E-state index in [2.05, 4.69) is 32.4 Å². The number of nitrogens with zero attached hydrogens (tertiary/aromatic N) is 4. The lowest BCUT2D eigenvalue weighted by Gasteiger charge is -2.35. The van der Waals surface area contributed by atoms with Gasteiger partial charge >= 0.3 is 0 Å². The number of hydrogen-bond donors (Lipinski definition) is 2. The lowest BCUT2D eigenvalue weighted by molar-refractivity contribution is 0.157. The molecule has 2 fully saturated rings. The Hall–Kier alpha value is -1.16. The Morgan fingerprint density at radius 2 is 2.19 bits per heavy atom. The number of likely N-dealkylation sites (N-methyl/N-ethyl adjacent to an activating group) is 1. The summed E-state index contributed by atoms with van der Waals surface area (Å²) in [7, 11) is 1.80. The average Bonchev–Trinajstić information content (AvgIpc) is 3.14. The predicted molar refractivity (Wildman–Crippen MR) is 120 cm³/mol. The molecule has 0 aromatic carbocycles. The summed E-state index contributed by atoms with van der Waals surface area (Å²) in [5, 5.41) is 6.97. The monoisotopic (exact) mass is 490 g/mol. The van der Waals surface area contributed by atoms with E-state index < -0.39 is 0 Å². The summed E-state index contributed by atoms with van der Waals surface area (Å²) in [6.07, 6.45) is 6.44. The number of hydrogen-bond acceptors (Lipinski definition) is 4. The first-order chi connectivity index (χ1) is 12.7. The molecular formula is C19H32FIN6. The van der Waals surface area contributed by atoms with Gasteiger partial charge in [-0.3, -0.25) is 9.89 Å². The molecule has 2 N–H and O–H groups in total. The van der Waals surface area contributed by atoms with Crippen molar-refractivity contribution in [2.75, 3.05) is 44.7 Å². The molecule has 2 atom stereocenters. The van der Waals surface area contributed by atoms with Crippen molar-refractivity contribution >= 4 is 35.8 Å². The van der Waals surface area contributed by atoms with Gasteiger partial charge in [-0.2, -0.15) is 0 Å². The van der Waals surface area contributed by atoms with Gasteiger partial charge < -0.3 is 15.5 Å². The molecule has 2 unspecified atom stereocenters. The fraction of sp³-hybridized carbons (Fsp3) is 0.684. The minimum atomic E-state index is -0.257. The maximum atomic E-state index is 13.9. The van der Waals surface area contributed by atoms with Crippen LogP contribution in [0.25, 0.3) is 0 Å². The number of aliphatic imine (C=N–C) groups is 1. The van der Waals surface area contributed by atoms with Crippen LogP contribution in [-0.4, -0.2) is 67.7 Å². The third kappa shape index (κ3) is 5.91. The van der Waals surface area contributed by atoms with Crippen LogP contribution in [0.15, 0.2) is 23.3 Å². The van der Waals surface area contributed by atoms with E-state index in [0.29, 0.717) is 11.9 Å². The highest BCUT2D eigenvalue weighted by Crippen LogP contribution is 2.21. The first-order valence-electron chi connectivity index (χ1n) is 9.78. The maximum Gasteiger partial charge on any atom is 0.191 e. The molecule has 1 aromatic rings. The Morgan fingerprint density at radius 1 is 1.33 bits per heavy atom. The lowest BCUT2D eigenvalue weighted by Crippen LogP contribution is -2.51. The first kappa shape index (κ1) is 22.1. The normalized spacial score (nSPS) is 23.8. The fourth-order valence-electron chi connectivity index (χ4n) is 3.99. The van der Waals surface area contributed by atoms with Gasteiger partial charge in [-0.1, -0.05) is 13.3 Å². The number of nitrogens with one attached hydrogen (secondary N) is 2. The van der Waals surface area contributed by atoms with E-state index in [1.54, 1.807) is 19.3 Å². The van der Waals surface area contributed by atoms with Gasteiger partial charge in [-0.05, 0) is 44.5 Å². The number of pyridine rings is 1. The van der Waals surface area contributed by atoms with E-state index >= 15 is 0 Å². The third-order valence-corrected chi connectivity index (χ3v) is 5.45. The number of likely N-dealkylation sites (tertiary alicyclic amines) is 1. The molecule has 0 spiro atoms. The molecule has 27 heavy (non-hydrogen) atoms. The molecule has 2 saturated heterocycles. The second kappa shape index (κ2) is 11.0. The van der Waals surface area contributed by atoms with Crippen LogP contribution < -0.4 is 15.5 Å². The van der Waals surface area contributed by atoms with E-state index in [9.17, 15) is 4.39 Å². The average molecular weight is 490 g/mol. The minimum absolute atomic E-state index is 0. The summed E-state index contributed by atoms with van der Waals surface area (Å²) in [6, 6.07) is 3.92. The van der Waals surface area contributed by atoms with Crippen molar-refractivity contribution in [1.82, 2.24) is 20.5 Å². The lowest BCUT2D eigenvalue weighted by atomic mass is 10.0. The van der Waals surface area contributed by atoms with Gasteiger partial charge in [0.15, 0.2) is 17.6 Å². The topological polar surface area (TPSA) is 55.8 Å². The van der Waals surface area contributed by atoms with Crippen LogP contribution in [0, 0.1) is 5.82 Å². The zero-order valence-electron chi connectivity index (χ0n) is 16.3. The molecular weight excluding hydrogens is 458 g/mol. The van der Waals surface area contributed by atoms with Crippen molar-refractivity contribution in [1.29, 1.82) is 0 Å². The van der Waals surface area contributed by atoms with Crippen LogP contribution in [0.5, 0.6) is 0 Å². The molecule has 6 nitrogen and oxygen atoms in total. The van der Waals surface area contributed by atoms with Crippen molar-refractivity contribution in [3.8, 4) is 0 Å². The third-order valence-electron chi connectivity index (χ3n) is 5.45. The van der Waals surface area contributed by atoms with Gasteiger partial charge in [0.25, 0.3) is 0 Å². The summed E-state index contributed by atoms with van der Waals surface area (Å²) in [6.45, 7) is 6.98. The second-order valence-electron chi connectivity index (χ2n) is 7.12. The summed E-state index contributed by atoms with van der Waals surface area (Å²) < 4.78 is 13.9. The molecule has 0 radical (unpaired) electrons. The Labute approximate surface area is 179 Å². The zero-order chi connectivity index (χ0) is 18.4. The predicted octanol–water partition coefficient (Wildman–Crippen LogP) is 2.46. The van der Waals surface area contributed by atoms with Gasteiger partial charge in [0.2, 0.25) is 0 Å². The second-order valence-corrected chi connectivity index (χ2v) is 7.12. The number of piperidine rings is 1. The standard InChI is InChI=1S/C19H31FN6.HI/c1-3-25-11-5-4-7-16(25)13-23-19(21-2)24-15-9-12-26(14-15)18-17(20)8-6-10-22-18;/h6,8,10,15-16H,3-5,7,9,11-14H2,1-2H3,(H2,21,23,24);1H. The minimum Gasteiger partial charge on any atom is -0.355 e. The van der Waals surface area contributed by atoms with Crippen molar-refractivity contribution < 1.29 is 4.39 Å². The SMILES string of the molecule is CCN1CCCCC1CNC(=NC)NC1CCN(c2ncccc2F)C1.I. The first-order valence-corrected chi connectivity index (χ1v) is 9.78. The van der Waals surface area contributed by atoms with Crippen LogP contribution in [0.1, 0.15) is 32.6 Å². The Morgan fingerprint density at radius 3 is 2.93 bits per heavy atom. The molecule has 3 heterocycles. The van der Waals surface area contributed by atoms with Gasteiger partial charge in [-0.25, -0.2) is 9.37 Å². The summed E-state index contributed by atoms with van der Waals surface area (Å²) in [5.74, 6) is 1.02. The summed E-state index contributed by atoms with van der Waals surface area (Å²) in [5.41, 5.74) is 0. The number of aromatic nitrogens is 1. The molecule has 0 aliphatic carbocycles. The smallest absolute Gasteiger partial charge is 0.191 e. The Kier molecular flexibility index (Phi) is 9.01. The van der Waals surface area contributed by atoms with E-state index in [-0.39, 0.29) is 35.8 Å². The molecule has 3 rings (SSSR count). The summed E-state index contributed by atoms with van der Waals surface area (Å²) in [4.78, 5) is 13.1. The number of rotatable bonds is 5. The highest BCUT2D eigenvalue weighted by atomic mass is 127. The quantitative estimate of drug-likeness (QED) is 0.378. The molecule has 2 aliphatic heterocycles. The molecule has 1 aromatic heterocycles. The fourth-order valence-corrected chi connectivity index (χ4v) is 3.99. The van der Waals surface area contributed by atoms with Crippen molar-refractivity contribution in [2.45, 2.75) is 44.7 Å². The van der Waals surface area contributed by atoms with Crippen LogP contribution >= 0.6 is 24.0 Å². The van der Waals surface area contributed by atoms with Gasteiger partial charge in [0.05, 0.1) is 0 Å². The highest BCUT2D eigenvalue weighted by Gasteiger charge is 2.26. The van der Waals surface area contributed by atoms with E-state index in [1.165, 1.54) is 31.9 Å². The van der Waals surface area contributed by atoms with E-state index in [1.807, 2.05) is 4.90 Å². The zero-order valence-corrected chi connectivity index (χ0v) is 18.7.